The molecule has 0 saturated heterocycles. The molecule has 1 aromatic heterocycles. The second kappa shape index (κ2) is 5.52. The van der Waals surface area contributed by atoms with Crippen LogP contribution in [0.3, 0.4) is 0 Å². The summed E-state index contributed by atoms with van der Waals surface area (Å²) in [5.41, 5.74) is 0.334. The summed E-state index contributed by atoms with van der Waals surface area (Å²) in [7, 11) is 0. The highest BCUT2D eigenvalue weighted by molar-refractivity contribution is 5.88. The van der Waals surface area contributed by atoms with Gasteiger partial charge in [0.25, 0.3) is 0 Å². The molecule has 112 valence electrons. The number of carbonyl (C=O) groups excluding carboxylic acids is 1. The Hall–Kier alpha value is -1.43. The molecule has 0 aliphatic heterocycles. The van der Waals surface area contributed by atoms with Crippen molar-refractivity contribution in [3.8, 4) is 0 Å². The van der Waals surface area contributed by atoms with Gasteiger partial charge in [0.15, 0.2) is 5.69 Å². The van der Waals surface area contributed by atoms with Gasteiger partial charge < -0.3 is 9.84 Å². The van der Waals surface area contributed by atoms with Crippen molar-refractivity contribution < 1.29 is 14.6 Å². The third-order valence-corrected chi connectivity index (χ3v) is 3.53. The number of ether oxygens (including phenoxy) is 1. The zero-order valence-corrected chi connectivity index (χ0v) is 12.6. The second-order valence-electron chi connectivity index (χ2n) is 6.39. The van der Waals surface area contributed by atoms with Crippen molar-refractivity contribution in [2.24, 2.45) is 0 Å². The van der Waals surface area contributed by atoms with E-state index in [1.807, 2.05) is 20.8 Å². The van der Waals surface area contributed by atoms with E-state index >= 15 is 0 Å². The zero-order chi connectivity index (χ0) is 14.9. The van der Waals surface area contributed by atoms with Crippen LogP contribution in [0.5, 0.6) is 0 Å². The third-order valence-electron chi connectivity index (χ3n) is 3.53. The van der Waals surface area contributed by atoms with Crippen LogP contribution in [0.4, 0.5) is 0 Å². The molecule has 1 aliphatic carbocycles. The first-order valence-corrected chi connectivity index (χ1v) is 7.13. The van der Waals surface area contributed by atoms with Crippen LogP contribution in [0.2, 0.25) is 0 Å². The van der Waals surface area contributed by atoms with Crippen molar-refractivity contribution in [3.63, 3.8) is 0 Å². The molecule has 0 spiro atoms. The van der Waals surface area contributed by atoms with Crippen LogP contribution in [0, 0.1) is 6.92 Å². The van der Waals surface area contributed by atoms with Crippen LogP contribution in [-0.4, -0.2) is 37.8 Å². The molecule has 0 amide bonds. The van der Waals surface area contributed by atoms with Crippen LogP contribution in [0.1, 0.15) is 68.7 Å². The first kappa shape index (κ1) is 15.0. The zero-order valence-electron chi connectivity index (χ0n) is 12.6. The van der Waals surface area contributed by atoms with Gasteiger partial charge in [-0.1, -0.05) is 18.1 Å². The number of aromatic nitrogens is 3. The van der Waals surface area contributed by atoms with Gasteiger partial charge in [-0.05, 0) is 40.5 Å². The van der Waals surface area contributed by atoms with Gasteiger partial charge in [0.05, 0.1) is 17.8 Å². The topological polar surface area (TPSA) is 77.2 Å². The Bertz CT molecular complexity index is 490. The minimum absolute atomic E-state index is 0.0903. The lowest BCUT2D eigenvalue weighted by molar-refractivity contribution is 0.00613. The summed E-state index contributed by atoms with van der Waals surface area (Å²) in [5.74, 6) is -0.466. The highest BCUT2D eigenvalue weighted by Crippen LogP contribution is 2.29. The molecular formula is C14H23N3O3. The maximum Gasteiger partial charge on any atom is 0.361 e. The minimum atomic E-state index is -0.558. The molecule has 0 bridgehead atoms. The fourth-order valence-corrected chi connectivity index (χ4v) is 2.55. The molecule has 2 atom stereocenters. The number of aliphatic hydroxyl groups excluding tert-OH is 1. The van der Waals surface area contributed by atoms with E-state index in [4.69, 9.17) is 4.74 Å². The molecule has 1 saturated carbocycles. The van der Waals surface area contributed by atoms with Gasteiger partial charge in [-0.2, -0.15) is 0 Å². The Kier molecular flexibility index (Phi) is 4.13. The summed E-state index contributed by atoms with van der Waals surface area (Å²) >= 11 is 0. The monoisotopic (exact) mass is 281 g/mol. The molecule has 6 heteroatoms. The predicted octanol–water partition coefficient (Wildman–Crippen LogP) is 2.02. The van der Waals surface area contributed by atoms with E-state index in [-0.39, 0.29) is 11.7 Å². The Morgan fingerprint density at radius 2 is 2.00 bits per heavy atom. The molecule has 1 aromatic rings. The van der Waals surface area contributed by atoms with Gasteiger partial charge in [0, 0.05) is 0 Å². The molecule has 1 fully saturated rings. The number of esters is 1. The number of hydrogen-bond donors (Lipinski definition) is 1. The quantitative estimate of drug-likeness (QED) is 0.839. The minimum Gasteiger partial charge on any atom is -0.455 e. The molecule has 20 heavy (non-hydrogen) atoms. The Labute approximate surface area is 119 Å². The summed E-state index contributed by atoms with van der Waals surface area (Å²) in [6.45, 7) is 7.24. The Morgan fingerprint density at radius 3 is 2.60 bits per heavy atom. The molecule has 1 aliphatic rings. The van der Waals surface area contributed by atoms with E-state index < -0.39 is 17.7 Å². The summed E-state index contributed by atoms with van der Waals surface area (Å²) in [5, 5.41) is 18.1. The number of carbonyl (C=O) groups is 1. The van der Waals surface area contributed by atoms with Gasteiger partial charge in [0.2, 0.25) is 0 Å². The van der Waals surface area contributed by atoms with E-state index in [0.29, 0.717) is 5.69 Å². The lowest BCUT2D eigenvalue weighted by Gasteiger charge is -2.28. The largest absolute Gasteiger partial charge is 0.455 e. The fourth-order valence-electron chi connectivity index (χ4n) is 2.55. The average molecular weight is 281 g/mol. The maximum atomic E-state index is 12.1. The predicted molar refractivity (Wildman–Crippen MR) is 73.4 cm³/mol. The molecule has 1 heterocycles. The van der Waals surface area contributed by atoms with Crippen molar-refractivity contribution in [1.82, 2.24) is 15.0 Å². The average Bonchev–Trinajstić information content (AvgIpc) is 2.69. The standard InChI is InChI=1S/C14H23N3O3/c1-9-12(13(19)20-14(2,3)4)15-16-17(9)10-7-5-6-8-11(10)18/h10-11,18H,5-8H2,1-4H3. The highest BCUT2D eigenvalue weighted by Gasteiger charge is 2.30. The van der Waals surface area contributed by atoms with Crippen LogP contribution in [0.25, 0.3) is 0 Å². The molecule has 1 N–H and O–H groups in total. The number of nitrogens with zero attached hydrogens (tertiary/aromatic N) is 3. The number of hydrogen-bond acceptors (Lipinski definition) is 5. The first-order chi connectivity index (χ1) is 9.29. The fraction of sp³-hybridized carbons (Fsp3) is 0.786. The van der Waals surface area contributed by atoms with E-state index in [0.717, 1.165) is 25.7 Å². The van der Waals surface area contributed by atoms with Crippen molar-refractivity contribution >= 4 is 5.97 Å². The summed E-state index contributed by atoms with van der Waals surface area (Å²) in [6.07, 6.45) is 3.30. The molecule has 2 unspecified atom stereocenters. The van der Waals surface area contributed by atoms with Gasteiger partial charge in [-0.15, -0.1) is 5.10 Å². The summed E-state index contributed by atoms with van der Waals surface area (Å²) < 4.78 is 6.98. The number of aliphatic hydroxyl groups is 1. The Balaban J connectivity index is 2.20. The smallest absolute Gasteiger partial charge is 0.361 e. The van der Waals surface area contributed by atoms with Gasteiger partial charge in [-0.3, -0.25) is 0 Å². The van der Waals surface area contributed by atoms with Crippen LogP contribution < -0.4 is 0 Å². The SMILES string of the molecule is Cc1c(C(=O)OC(C)(C)C)nnn1C1CCCCC1O. The van der Waals surface area contributed by atoms with E-state index in [2.05, 4.69) is 10.3 Å². The van der Waals surface area contributed by atoms with Gasteiger partial charge >= 0.3 is 5.97 Å². The molecule has 0 radical (unpaired) electrons. The van der Waals surface area contributed by atoms with Crippen molar-refractivity contribution in [2.45, 2.75) is 71.1 Å². The summed E-state index contributed by atoms with van der Waals surface area (Å²) in [6, 6.07) is -0.0903. The first-order valence-electron chi connectivity index (χ1n) is 7.13. The lowest BCUT2D eigenvalue weighted by atomic mass is 9.92. The van der Waals surface area contributed by atoms with Gasteiger partial charge in [0.1, 0.15) is 5.60 Å². The maximum absolute atomic E-state index is 12.1. The third kappa shape index (κ3) is 3.17. The highest BCUT2D eigenvalue weighted by atomic mass is 16.6. The van der Waals surface area contributed by atoms with E-state index in [1.165, 1.54) is 0 Å². The second-order valence-corrected chi connectivity index (χ2v) is 6.39. The lowest BCUT2D eigenvalue weighted by Crippen LogP contribution is -2.29. The van der Waals surface area contributed by atoms with Crippen LogP contribution in [-0.2, 0) is 4.74 Å². The van der Waals surface area contributed by atoms with Crippen molar-refractivity contribution in [2.75, 3.05) is 0 Å². The van der Waals surface area contributed by atoms with Crippen molar-refractivity contribution in [1.29, 1.82) is 0 Å². The van der Waals surface area contributed by atoms with E-state index in [9.17, 15) is 9.90 Å². The Morgan fingerprint density at radius 1 is 1.35 bits per heavy atom. The van der Waals surface area contributed by atoms with Crippen LogP contribution >= 0.6 is 0 Å². The molecule has 6 nitrogen and oxygen atoms in total. The molecule has 0 aromatic carbocycles. The van der Waals surface area contributed by atoms with Crippen LogP contribution in [0.15, 0.2) is 0 Å². The normalized spacial score (nSPS) is 23.6. The van der Waals surface area contributed by atoms with E-state index in [1.54, 1.807) is 11.6 Å². The summed E-state index contributed by atoms with van der Waals surface area (Å²) in [4.78, 5) is 12.1. The van der Waals surface area contributed by atoms with Gasteiger partial charge in [-0.25, -0.2) is 9.48 Å². The number of rotatable bonds is 2. The molecule has 2 rings (SSSR count). The molecular weight excluding hydrogens is 258 g/mol. The van der Waals surface area contributed by atoms with Crippen molar-refractivity contribution in [3.05, 3.63) is 11.4 Å².